The Balaban J connectivity index is 1.42. The molecule has 0 bridgehead atoms. The number of nitrogens with zero attached hydrogens (tertiary/aromatic N) is 1. The van der Waals surface area contributed by atoms with E-state index in [1.807, 2.05) is 25.1 Å². The summed E-state index contributed by atoms with van der Waals surface area (Å²) in [6, 6.07) is 13.7. The maximum atomic E-state index is 13.2. The van der Waals surface area contributed by atoms with Crippen LogP contribution in [-0.2, 0) is 17.8 Å². The van der Waals surface area contributed by atoms with Crippen LogP contribution in [-0.4, -0.2) is 44.4 Å². The van der Waals surface area contributed by atoms with Crippen molar-refractivity contribution < 1.29 is 13.9 Å². The first-order valence-corrected chi connectivity index (χ1v) is 10.1. The number of aryl methyl sites for hydroxylation is 1. The van der Waals surface area contributed by atoms with Crippen molar-refractivity contribution >= 4 is 0 Å². The van der Waals surface area contributed by atoms with Gasteiger partial charge in [0.15, 0.2) is 0 Å². The van der Waals surface area contributed by atoms with Crippen molar-refractivity contribution in [3.63, 3.8) is 0 Å². The number of halogens is 1. The van der Waals surface area contributed by atoms with Gasteiger partial charge in [-0.05, 0) is 67.8 Å². The number of hydrogen-bond donors (Lipinski definition) is 1. The van der Waals surface area contributed by atoms with E-state index in [0.717, 1.165) is 56.0 Å². The summed E-state index contributed by atoms with van der Waals surface area (Å²) >= 11 is 0. The Morgan fingerprint density at radius 3 is 2.75 bits per heavy atom. The van der Waals surface area contributed by atoms with E-state index in [9.17, 15) is 4.39 Å². The van der Waals surface area contributed by atoms with E-state index >= 15 is 0 Å². The van der Waals surface area contributed by atoms with Gasteiger partial charge in [-0.25, -0.2) is 4.39 Å². The third-order valence-electron chi connectivity index (χ3n) is 5.37. The number of ether oxygens (including phenoxy) is 2. The first-order chi connectivity index (χ1) is 13.6. The van der Waals surface area contributed by atoms with Crippen LogP contribution in [0.4, 0.5) is 4.39 Å². The molecule has 0 amide bonds. The zero-order chi connectivity index (χ0) is 19.8. The summed E-state index contributed by atoms with van der Waals surface area (Å²) in [4.78, 5) is 2.37. The Hall–Kier alpha value is -1.95. The Morgan fingerprint density at radius 1 is 1.14 bits per heavy atom. The van der Waals surface area contributed by atoms with Crippen molar-refractivity contribution in [2.24, 2.45) is 0 Å². The van der Waals surface area contributed by atoms with E-state index in [-0.39, 0.29) is 5.82 Å². The highest BCUT2D eigenvalue weighted by Crippen LogP contribution is 2.16. The van der Waals surface area contributed by atoms with Gasteiger partial charge in [0.05, 0.1) is 0 Å². The molecule has 2 aromatic rings. The van der Waals surface area contributed by atoms with E-state index in [2.05, 4.69) is 29.4 Å². The molecule has 3 rings (SSSR count). The average molecular weight is 387 g/mol. The lowest BCUT2D eigenvalue weighted by molar-refractivity contribution is 0.0392. The molecule has 1 heterocycles. The van der Waals surface area contributed by atoms with E-state index < -0.39 is 0 Å². The fraction of sp³-hybridized carbons (Fsp3) is 0.478. The highest BCUT2D eigenvalue weighted by Gasteiger charge is 2.17. The van der Waals surface area contributed by atoms with Crippen LogP contribution >= 0.6 is 0 Å². The van der Waals surface area contributed by atoms with Crippen LogP contribution in [0.2, 0.25) is 0 Å². The normalized spacial score (nSPS) is 15.1. The number of nitrogens with one attached hydrogen (secondary N) is 1. The second-order valence-corrected chi connectivity index (χ2v) is 7.49. The van der Waals surface area contributed by atoms with Crippen LogP contribution in [0, 0.1) is 12.7 Å². The molecule has 0 spiro atoms. The summed E-state index contributed by atoms with van der Waals surface area (Å²) in [5.41, 5.74) is 3.26. The maximum Gasteiger partial charge on any atom is 0.123 e. The highest BCUT2D eigenvalue weighted by molar-refractivity contribution is 5.29. The van der Waals surface area contributed by atoms with Gasteiger partial charge >= 0.3 is 0 Å². The van der Waals surface area contributed by atoms with Crippen molar-refractivity contribution in [3.8, 4) is 5.75 Å². The first kappa shape index (κ1) is 20.8. The van der Waals surface area contributed by atoms with Gasteiger partial charge in [-0.2, -0.15) is 0 Å². The molecule has 0 unspecified atom stereocenters. The lowest BCUT2D eigenvalue weighted by Gasteiger charge is -2.31. The lowest BCUT2D eigenvalue weighted by Crippen LogP contribution is -2.38. The quantitative estimate of drug-likeness (QED) is 0.708. The number of benzene rings is 2. The molecule has 152 valence electrons. The Bertz CT molecular complexity index is 747. The SMILES string of the molecule is Cc1cc(F)ccc1CNCc1cccc(OCCN(C)C2CCOCC2)c1. The minimum absolute atomic E-state index is 0.187. The van der Waals surface area contributed by atoms with Crippen molar-refractivity contribution in [3.05, 3.63) is 65.0 Å². The van der Waals surface area contributed by atoms with Crippen molar-refractivity contribution in [2.45, 2.75) is 38.9 Å². The molecule has 1 fully saturated rings. The molecule has 1 aliphatic heterocycles. The molecule has 0 radical (unpaired) electrons. The highest BCUT2D eigenvalue weighted by atomic mass is 19.1. The molecular weight excluding hydrogens is 355 g/mol. The van der Waals surface area contributed by atoms with Gasteiger partial charge in [0.2, 0.25) is 0 Å². The number of rotatable bonds is 9. The van der Waals surface area contributed by atoms with E-state index in [4.69, 9.17) is 9.47 Å². The monoisotopic (exact) mass is 386 g/mol. The summed E-state index contributed by atoms with van der Waals surface area (Å²) in [6.45, 7) is 6.72. The molecule has 1 aliphatic rings. The molecule has 28 heavy (non-hydrogen) atoms. The van der Waals surface area contributed by atoms with Gasteiger partial charge < -0.3 is 14.8 Å². The second-order valence-electron chi connectivity index (χ2n) is 7.49. The van der Waals surface area contributed by atoms with Crippen LogP contribution in [0.15, 0.2) is 42.5 Å². The largest absolute Gasteiger partial charge is 0.492 e. The van der Waals surface area contributed by atoms with Crippen molar-refractivity contribution in [2.75, 3.05) is 33.4 Å². The summed E-state index contributed by atoms with van der Waals surface area (Å²) in [6.07, 6.45) is 2.20. The minimum Gasteiger partial charge on any atom is -0.492 e. The average Bonchev–Trinajstić information content (AvgIpc) is 2.70. The van der Waals surface area contributed by atoms with E-state index in [1.165, 1.54) is 11.6 Å². The molecule has 0 aromatic heterocycles. The topological polar surface area (TPSA) is 33.7 Å². The van der Waals surface area contributed by atoms with Gasteiger partial charge in [-0.3, -0.25) is 4.90 Å². The number of hydrogen-bond acceptors (Lipinski definition) is 4. The molecule has 2 aromatic carbocycles. The molecule has 0 aliphatic carbocycles. The molecule has 1 N–H and O–H groups in total. The third-order valence-corrected chi connectivity index (χ3v) is 5.37. The summed E-state index contributed by atoms with van der Waals surface area (Å²) < 4.78 is 24.6. The summed E-state index contributed by atoms with van der Waals surface area (Å²) in [5, 5.41) is 3.42. The molecule has 0 atom stereocenters. The van der Waals surface area contributed by atoms with Crippen LogP contribution in [0.5, 0.6) is 5.75 Å². The summed E-state index contributed by atoms with van der Waals surface area (Å²) in [7, 11) is 2.16. The van der Waals surface area contributed by atoms with Gasteiger partial charge in [0, 0.05) is 38.9 Å². The Morgan fingerprint density at radius 2 is 1.96 bits per heavy atom. The smallest absolute Gasteiger partial charge is 0.123 e. The second kappa shape index (κ2) is 10.6. The molecule has 1 saturated heterocycles. The molecule has 0 saturated carbocycles. The molecular formula is C23H31FN2O2. The predicted molar refractivity (Wildman–Crippen MR) is 110 cm³/mol. The fourth-order valence-corrected chi connectivity index (χ4v) is 3.56. The van der Waals surface area contributed by atoms with Crippen molar-refractivity contribution in [1.82, 2.24) is 10.2 Å². The first-order valence-electron chi connectivity index (χ1n) is 10.1. The predicted octanol–water partition coefficient (Wildman–Crippen LogP) is 3.91. The van der Waals surface area contributed by atoms with Gasteiger partial charge in [-0.1, -0.05) is 18.2 Å². The van der Waals surface area contributed by atoms with Crippen LogP contribution in [0.3, 0.4) is 0 Å². The summed E-state index contributed by atoms with van der Waals surface area (Å²) in [5.74, 6) is 0.714. The van der Waals surface area contributed by atoms with Gasteiger partial charge in [-0.15, -0.1) is 0 Å². The van der Waals surface area contributed by atoms with Gasteiger partial charge in [0.25, 0.3) is 0 Å². The van der Waals surface area contributed by atoms with Gasteiger partial charge in [0.1, 0.15) is 18.2 Å². The minimum atomic E-state index is -0.187. The van der Waals surface area contributed by atoms with Crippen molar-refractivity contribution in [1.29, 1.82) is 0 Å². The molecule has 5 heteroatoms. The zero-order valence-electron chi connectivity index (χ0n) is 16.9. The zero-order valence-corrected chi connectivity index (χ0v) is 16.9. The van der Waals surface area contributed by atoms with Crippen LogP contribution < -0.4 is 10.1 Å². The van der Waals surface area contributed by atoms with E-state index in [0.29, 0.717) is 19.2 Å². The Labute approximate surface area is 167 Å². The third kappa shape index (κ3) is 6.30. The lowest BCUT2D eigenvalue weighted by atomic mass is 10.1. The van der Waals surface area contributed by atoms with E-state index in [1.54, 1.807) is 6.07 Å². The van der Waals surface area contributed by atoms with Crippen LogP contribution in [0.1, 0.15) is 29.5 Å². The fourth-order valence-electron chi connectivity index (χ4n) is 3.56. The van der Waals surface area contributed by atoms with Crippen LogP contribution in [0.25, 0.3) is 0 Å². The molecule has 4 nitrogen and oxygen atoms in total. The maximum absolute atomic E-state index is 13.2. The standard InChI is InChI=1S/C23H31FN2O2/c1-18-14-21(24)7-6-20(18)17-25-16-19-4-3-5-23(15-19)28-13-10-26(2)22-8-11-27-12-9-22/h3-7,14-15,22,25H,8-13,16-17H2,1-2H3. The number of likely N-dealkylation sites (N-methyl/N-ethyl adjacent to an activating group) is 1. The Kier molecular flexibility index (Phi) is 7.83.